The Bertz CT molecular complexity index is 538. The van der Waals surface area contributed by atoms with Gasteiger partial charge in [0.05, 0.1) is 6.20 Å². The van der Waals surface area contributed by atoms with E-state index in [4.69, 9.17) is 0 Å². The van der Waals surface area contributed by atoms with Crippen molar-refractivity contribution in [3.63, 3.8) is 0 Å². The predicted molar refractivity (Wildman–Crippen MR) is 75.4 cm³/mol. The van der Waals surface area contributed by atoms with Gasteiger partial charge in [-0.3, -0.25) is 9.36 Å². The summed E-state index contributed by atoms with van der Waals surface area (Å²) >= 11 is 0. The van der Waals surface area contributed by atoms with E-state index < -0.39 is 6.43 Å². The third-order valence-electron chi connectivity index (χ3n) is 2.74. The highest BCUT2D eigenvalue weighted by Gasteiger charge is 2.07. The summed E-state index contributed by atoms with van der Waals surface area (Å²) in [7, 11) is 0. The molecule has 5 nitrogen and oxygen atoms in total. The summed E-state index contributed by atoms with van der Waals surface area (Å²) in [5.74, 6) is 0.809. The number of alkyl halides is 2. The van der Waals surface area contributed by atoms with Gasteiger partial charge >= 0.3 is 0 Å². The zero-order valence-electron chi connectivity index (χ0n) is 11.4. The first-order chi connectivity index (χ1) is 9.08. The number of rotatable bonds is 6. The van der Waals surface area contributed by atoms with Crippen LogP contribution in [0.5, 0.6) is 0 Å². The lowest BCUT2D eigenvalue weighted by Gasteiger charge is -2.02. The highest BCUT2D eigenvalue weighted by Crippen LogP contribution is 2.12. The quantitative estimate of drug-likeness (QED) is 0.892. The molecule has 2 aromatic rings. The molecule has 8 heteroatoms. The van der Waals surface area contributed by atoms with Gasteiger partial charge in [0.25, 0.3) is 6.43 Å². The van der Waals surface area contributed by atoms with Gasteiger partial charge < -0.3 is 5.32 Å². The van der Waals surface area contributed by atoms with Crippen LogP contribution in [0.3, 0.4) is 0 Å². The maximum Gasteiger partial charge on any atom is 0.257 e. The minimum absolute atomic E-state index is 0. The van der Waals surface area contributed by atoms with E-state index in [-0.39, 0.29) is 19.0 Å². The van der Waals surface area contributed by atoms with Crippen LogP contribution in [-0.2, 0) is 19.6 Å². The van der Waals surface area contributed by atoms with Crippen molar-refractivity contribution >= 4 is 18.2 Å². The topological polar surface area (TPSA) is 47.7 Å². The Balaban J connectivity index is 0.00000200. The number of nitrogens with zero attached hydrogens (tertiary/aromatic N) is 4. The maximum absolute atomic E-state index is 12.2. The third kappa shape index (κ3) is 4.19. The average Bonchev–Trinajstić information content (AvgIpc) is 2.93. The number of halogens is 3. The van der Waals surface area contributed by atoms with Gasteiger partial charge in [-0.2, -0.15) is 10.2 Å². The van der Waals surface area contributed by atoms with Crippen molar-refractivity contribution < 1.29 is 8.78 Å². The molecule has 2 aromatic heterocycles. The van der Waals surface area contributed by atoms with E-state index in [1.807, 2.05) is 24.7 Å². The van der Waals surface area contributed by atoms with E-state index >= 15 is 0 Å². The van der Waals surface area contributed by atoms with Gasteiger partial charge in [-0.15, -0.1) is 12.4 Å². The van der Waals surface area contributed by atoms with Crippen LogP contribution < -0.4 is 5.32 Å². The molecular formula is C12H18ClF2N5. The fourth-order valence-electron chi connectivity index (χ4n) is 1.78. The first-order valence-corrected chi connectivity index (χ1v) is 6.16. The zero-order chi connectivity index (χ0) is 13.8. The summed E-state index contributed by atoms with van der Waals surface area (Å²) in [6.07, 6.45) is 2.78. The molecule has 0 saturated carbocycles. The molecule has 0 fully saturated rings. The van der Waals surface area contributed by atoms with Gasteiger partial charge in [0.2, 0.25) is 0 Å². The second kappa shape index (κ2) is 7.23. The van der Waals surface area contributed by atoms with Crippen LogP contribution >= 0.6 is 12.4 Å². The van der Waals surface area contributed by atoms with Crippen LogP contribution in [0.2, 0.25) is 0 Å². The van der Waals surface area contributed by atoms with Crippen LogP contribution in [0.25, 0.3) is 0 Å². The molecule has 1 N–H and O–H groups in total. The van der Waals surface area contributed by atoms with E-state index in [1.54, 1.807) is 12.4 Å². The van der Waals surface area contributed by atoms with Crippen LogP contribution in [-0.4, -0.2) is 26.0 Å². The molecule has 112 valence electrons. The van der Waals surface area contributed by atoms with Crippen molar-refractivity contribution in [1.82, 2.24) is 19.6 Å². The van der Waals surface area contributed by atoms with Gasteiger partial charge in [-0.05, 0) is 13.8 Å². The Morgan fingerprint density at radius 2 is 2.05 bits per heavy atom. The zero-order valence-corrected chi connectivity index (χ0v) is 12.2. The Kier molecular flexibility index (Phi) is 5.94. The van der Waals surface area contributed by atoms with Crippen molar-refractivity contribution in [1.29, 1.82) is 0 Å². The first kappa shape index (κ1) is 16.4. The second-order valence-corrected chi connectivity index (χ2v) is 4.33. The van der Waals surface area contributed by atoms with E-state index in [0.717, 1.165) is 23.5 Å². The molecule has 2 rings (SSSR count). The van der Waals surface area contributed by atoms with Gasteiger partial charge in [0.15, 0.2) is 5.82 Å². The Labute approximate surface area is 122 Å². The minimum atomic E-state index is -2.39. The molecule has 0 amide bonds. The molecule has 0 aliphatic rings. The summed E-state index contributed by atoms with van der Waals surface area (Å²) < 4.78 is 27.5. The third-order valence-corrected chi connectivity index (χ3v) is 2.74. The lowest BCUT2D eigenvalue weighted by molar-refractivity contribution is 0.122. The smallest absolute Gasteiger partial charge is 0.257 e. The molecular weight excluding hydrogens is 288 g/mol. The van der Waals surface area contributed by atoms with Crippen LogP contribution in [0.1, 0.15) is 18.1 Å². The fraction of sp³-hybridized carbons (Fsp3) is 0.500. The highest BCUT2D eigenvalue weighted by atomic mass is 35.5. The van der Waals surface area contributed by atoms with Crippen LogP contribution in [0.15, 0.2) is 18.6 Å². The Hall–Kier alpha value is -1.63. The number of aromatic nitrogens is 4. The van der Waals surface area contributed by atoms with Gasteiger partial charge in [-0.1, -0.05) is 0 Å². The number of hydrogen-bond donors (Lipinski definition) is 1. The molecule has 0 bridgehead atoms. The van der Waals surface area contributed by atoms with E-state index in [0.29, 0.717) is 6.54 Å². The SMILES string of the molecule is CCn1cc(C)c(NCc2cnn(CC(F)F)c2)n1.Cl. The van der Waals surface area contributed by atoms with E-state index in [9.17, 15) is 8.78 Å². The maximum atomic E-state index is 12.2. The lowest BCUT2D eigenvalue weighted by Crippen LogP contribution is -2.06. The fourth-order valence-corrected chi connectivity index (χ4v) is 1.78. The second-order valence-electron chi connectivity index (χ2n) is 4.33. The lowest BCUT2D eigenvalue weighted by atomic mass is 10.3. The van der Waals surface area contributed by atoms with Gasteiger partial charge in [0, 0.05) is 36.6 Å². The number of aryl methyl sites for hydroxylation is 2. The standard InChI is InChI=1S/C12H17F2N5.ClH/c1-3-18-6-9(2)12(17-18)15-4-10-5-16-19(7-10)8-11(13)14;/h5-7,11H,3-4,8H2,1-2H3,(H,15,17);1H. The Morgan fingerprint density at radius 1 is 1.30 bits per heavy atom. The Morgan fingerprint density at radius 3 is 2.65 bits per heavy atom. The predicted octanol–water partition coefficient (Wildman–Crippen LogP) is 2.71. The summed E-state index contributed by atoms with van der Waals surface area (Å²) in [5, 5.41) is 11.4. The summed E-state index contributed by atoms with van der Waals surface area (Å²) in [6, 6.07) is 0. The minimum Gasteiger partial charge on any atom is -0.364 e. The largest absolute Gasteiger partial charge is 0.364 e. The molecule has 0 radical (unpaired) electrons. The summed E-state index contributed by atoms with van der Waals surface area (Å²) in [6.45, 7) is 4.95. The average molecular weight is 306 g/mol. The molecule has 2 heterocycles. The van der Waals surface area contributed by atoms with E-state index in [1.165, 1.54) is 4.68 Å². The van der Waals surface area contributed by atoms with Crippen LogP contribution in [0, 0.1) is 6.92 Å². The summed E-state index contributed by atoms with van der Waals surface area (Å²) in [5.41, 5.74) is 1.91. The van der Waals surface area contributed by atoms with Gasteiger partial charge in [0.1, 0.15) is 6.54 Å². The van der Waals surface area contributed by atoms with E-state index in [2.05, 4.69) is 15.5 Å². The first-order valence-electron chi connectivity index (χ1n) is 6.16. The van der Waals surface area contributed by atoms with Crippen molar-refractivity contribution in [3.05, 3.63) is 29.7 Å². The molecule has 0 aliphatic heterocycles. The molecule has 0 saturated heterocycles. The highest BCUT2D eigenvalue weighted by molar-refractivity contribution is 5.85. The molecule has 0 atom stereocenters. The molecule has 0 unspecified atom stereocenters. The number of nitrogens with one attached hydrogen (secondary N) is 1. The van der Waals surface area contributed by atoms with Crippen molar-refractivity contribution in [2.45, 2.75) is 39.9 Å². The molecule has 0 aliphatic carbocycles. The van der Waals surface area contributed by atoms with Crippen molar-refractivity contribution in [2.75, 3.05) is 5.32 Å². The van der Waals surface area contributed by atoms with Crippen molar-refractivity contribution in [2.24, 2.45) is 0 Å². The number of hydrogen-bond acceptors (Lipinski definition) is 3. The van der Waals surface area contributed by atoms with Gasteiger partial charge in [-0.25, -0.2) is 8.78 Å². The molecule has 20 heavy (non-hydrogen) atoms. The van der Waals surface area contributed by atoms with Crippen molar-refractivity contribution in [3.8, 4) is 0 Å². The molecule has 0 aromatic carbocycles. The summed E-state index contributed by atoms with van der Waals surface area (Å²) in [4.78, 5) is 0. The monoisotopic (exact) mass is 305 g/mol. The normalized spacial score (nSPS) is 10.7. The van der Waals surface area contributed by atoms with Crippen LogP contribution in [0.4, 0.5) is 14.6 Å². The molecule has 0 spiro atoms. The number of anilines is 1.